The number of thiophene rings is 1. The van der Waals surface area contributed by atoms with E-state index in [-0.39, 0.29) is 18.4 Å². The van der Waals surface area contributed by atoms with Gasteiger partial charge in [0.2, 0.25) is 5.91 Å². The minimum atomic E-state index is -0.301. The van der Waals surface area contributed by atoms with Gasteiger partial charge in [0.1, 0.15) is 0 Å². The SMILES string of the molecule is O=C(CNC(=O)c1cc(-c2ccccc2)c(N2CCOCC2)s1)Nc1cccnc1. The van der Waals surface area contributed by atoms with E-state index in [1.165, 1.54) is 11.3 Å². The zero-order valence-corrected chi connectivity index (χ0v) is 17.2. The lowest BCUT2D eigenvalue weighted by Crippen LogP contribution is -2.36. The maximum absolute atomic E-state index is 12.7. The van der Waals surface area contributed by atoms with Crippen molar-refractivity contribution in [3.05, 3.63) is 65.8 Å². The van der Waals surface area contributed by atoms with Crippen LogP contribution < -0.4 is 15.5 Å². The van der Waals surface area contributed by atoms with Crippen molar-refractivity contribution in [3.8, 4) is 11.1 Å². The van der Waals surface area contributed by atoms with Gasteiger partial charge in [-0.05, 0) is 23.8 Å². The van der Waals surface area contributed by atoms with Crippen molar-refractivity contribution in [1.82, 2.24) is 10.3 Å². The fourth-order valence-corrected chi connectivity index (χ4v) is 4.36. The summed E-state index contributed by atoms with van der Waals surface area (Å²) >= 11 is 1.44. The number of rotatable bonds is 6. The van der Waals surface area contributed by atoms with Crippen molar-refractivity contribution in [1.29, 1.82) is 0 Å². The lowest BCUT2D eigenvalue weighted by molar-refractivity contribution is -0.115. The maximum Gasteiger partial charge on any atom is 0.261 e. The Balaban J connectivity index is 1.48. The molecular weight excluding hydrogens is 400 g/mol. The van der Waals surface area contributed by atoms with Crippen LogP contribution in [-0.4, -0.2) is 49.6 Å². The Labute approximate surface area is 178 Å². The number of nitrogens with zero attached hydrogens (tertiary/aromatic N) is 2. The first-order valence-electron chi connectivity index (χ1n) is 9.71. The molecule has 30 heavy (non-hydrogen) atoms. The largest absolute Gasteiger partial charge is 0.378 e. The smallest absolute Gasteiger partial charge is 0.261 e. The molecule has 2 N–H and O–H groups in total. The molecule has 0 aliphatic carbocycles. The Bertz CT molecular complexity index is 1000. The van der Waals surface area contributed by atoms with Crippen LogP contribution in [0.1, 0.15) is 9.67 Å². The maximum atomic E-state index is 12.7. The lowest BCUT2D eigenvalue weighted by Gasteiger charge is -2.28. The summed E-state index contributed by atoms with van der Waals surface area (Å²) in [5.74, 6) is -0.567. The summed E-state index contributed by atoms with van der Waals surface area (Å²) < 4.78 is 5.47. The number of hydrogen-bond acceptors (Lipinski definition) is 6. The predicted molar refractivity (Wildman–Crippen MR) is 118 cm³/mol. The normalized spacial score (nSPS) is 13.7. The molecule has 2 aromatic heterocycles. The number of morpholine rings is 1. The number of amides is 2. The molecule has 1 saturated heterocycles. The zero-order valence-electron chi connectivity index (χ0n) is 16.3. The summed E-state index contributed by atoms with van der Waals surface area (Å²) in [6, 6.07) is 15.4. The zero-order chi connectivity index (χ0) is 20.8. The Morgan fingerprint density at radius 1 is 1.10 bits per heavy atom. The van der Waals surface area contributed by atoms with Crippen LogP contribution in [0, 0.1) is 0 Å². The highest BCUT2D eigenvalue weighted by Crippen LogP contribution is 2.39. The van der Waals surface area contributed by atoms with Gasteiger partial charge in [0.15, 0.2) is 0 Å². The monoisotopic (exact) mass is 422 g/mol. The number of nitrogens with one attached hydrogen (secondary N) is 2. The average Bonchev–Trinajstić information content (AvgIpc) is 3.25. The molecule has 1 aliphatic heterocycles. The number of hydrogen-bond donors (Lipinski definition) is 2. The van der Waals surface area contributed by atoms with Gasteiger partial charge in [0.05, 0.1) is 41.5 Å². The van der Waals surface area contributed by atoms with E-state index in [1.54, 1.807) is 24.5 Å². The van der Waals surface area contributed by atoms with Gasteiger partial charge in [-0.2, -0.15) is 0 Å². The highest BCUT2D eigenvalue weighted by molar-refractivity contribution is 7.18. The van der Waals surface area contributed by atoms with Gasteiger partial charge in [0, 0.05) is 24.8 Å². The van der Waals surface area contributed by atoms with E-state index in [0.717, 1.165) is 29.2 Å². The molecule has 1 fully saturated rings. The summed E-state index contributed by atoms with van der Waals surface area (Å²) in [6.45, 7) is 2.80. The van der Waals surface area contributed by atoms with Gasteiger partial charge >= 0.3 is 0 Å². The minimum absolute atomic E-state index is 0.112. The quantitative estimate of drug-likeness (QED) is 0.638. The summed E-state index contributed by atoms with van der Waals surface area (Å²) in [6.07, 6.45) is 3.18. The highest BCUT2D eigenvalue weighted by Gasteiger charge is 2.22. The van der Waals surface area contributed by atoms with Gasteiger partial charge in [-0.25, -0.2) is 0 Å². The minimum Gasteiger partial charge on any atom is -0.378 e. The summed E-state index contributed by atoms with van der Waals surface area (Å²) in [4.78, 5) is 31.6. The third-order valence-electron chi connectivity index (χ3n) is 4.67. The Morgan fingerprint density at radius 2 is 1.90 bits per heavy atom. The number of pyridine rings is 1. The first kappa shape index (κ1) is 20.1. The molecule has 0 unspecified atom stereocenters. The molecule has 1 aliphatic rings. The molecule has 0 radical (unpaired) electrons. The second-order valence-electron chi connectivity index (χ2n) is 6.77. The molecule has 1 aromatic carbocycles. The third kappa shape index (κ3) is 4.84. The second-order valence-corrected chi connectivity index (χ2v) is 7.80. The Hall–Kier alpha value is -3.23. The van der Waals surface area contributed by atoms with Gasteiger partial charge in [-0.1, -0.05) is 30.3 Å². The van der Waals surface area contributed by atoms with Gasteiger partial charge in [-0.15, -0.1) is 11.3 Å². The van der Waals surface area contributed by atoms with Crippen molar-refractivity contribution >= 4 is 33.8 Å². The summed E-state index contributed by atoms with van der Waals surface area (Å²) in [7, 11) is 0. The van der Waals surface area contributed by atoms with Crippen LogP contribution in [0.5, 0.6) is 0 Å². The predicted octanol–water partition coefficient (Wildman–Crippen LogP) is 3.02. The molecule has 3 heterocycles. The van der Waals surface area contributed by atoms with Crippen LogP contribution in [0.3, 0.4) is 0 Å². The molecule has 2 amide bonds. The van der Waals surface area contributed by atoms with Gasteiger partial charge in [-0.3, -0.25) is 14.6 Å². The topological polar surface area (TPSA) is 83.6 Å². The fourth-order valence-electron chi connectivity index (χ4n) is 3.21. The fraction of sp³-hybridized carbons (Fsp3) is 0.227. The molecule has 0 atom stereocenters. The third-order valence-corrected chi connectivity index (χ3v) is 5.87. The van der Waals surface area contributed by atoms with Crippen molar-refractivity contribution in [3.63, 3.8) is 0 Å². The Morgan fingerprint density at radius 3 is 2.63 bits per heavy atom. The number of carbonyl (C=O) groups excluding carboxylic acids is 2. The standard InChI is InChI=1S/C22H22N4O3S/c27-20(25-17-7-4-8-23-14-17)15-24-21(28)19-13-18(16-5-2-1-3-6-16)22(30-19)26-9-11-29-12-10-26/h1-8,13-14H,9-12,15H2,(H,24,28)(H,25,27). The molecule has 0 bridgehead atoms. The molecule has 3 aromatic rings. The number of anilines is 2. The van der Waals surface area contributed by atoms with Crippen molar-refractivity contribution in [2.75, 3.05) is 43.1 Å². The van der Waals surface area contributed by atoms with Crippen molar-refractivity contribution in [2.24, 2.45) is 0 Å². The number of carbonyl (C=O) groups is 2. The van der Waals surface area contributed by atoms with E-state index < -0.39 is 0 Å². The summed E-state index contributed by atoms with van der Waals surface area (Å²) in [5, 5.41) is 6.47. The van der Waals surface area contributed by atoms with Crippen LogP contribution in [0.2, 0.25) is 0 Å². The second kappa shape index (κ2) is 9.51. The molecular formula is C22H22N4O3S. The first-order valence-corrected chi connectivity index (χ1v) is 10.5. The van der Waals surface area contributed by atoms with E-state index in [0.29, 0.717) is 23.8 Å². The number of ether oxygens (including phenoxy) is 1. The highest BCUT2D eigenvalue weighted by atomic mass is 32.1. The van der Waals surface area contributed by atoms with Crippen LogP contribution in [0.25, 0.3) is 11.1 Å². The molecule has 0 spiro atoms. The van der Waals surface area contributed by atoms with E-state index in [1.807, 2.05) is 36.4 Å². The molecule has 7 nitrogen and oxygen atoms in total. The Kier molecular flexibility index (Phi) is 6.36. The van der Waals surface area contributed by atoms with Crippen LogP contribution in [0.4, 0.5) is 10.7 Å². The van der Waals surface area contributed by atoms with E-state index in [2.05, 4.69) is 20.5 Å². The van der Waals surface area contributed by atoms with Crippen molar-refractivity contribution < 1.29 is 14.3 Å². The van der Waals surface area contributed by atoms with E-state index in [9.17, 15) is 9.59 Å². The van der Waals surface area contributed by atoms with Crippen molar-refractivity contribution in [2.45, 2.75) is 0 Å². The van der Waals surface area contributed by atoms with Crippen LogP contribution in [-0.2, 0) is 9.53 Å². The van der Waals surface area contributed by atoms with Crippen LogP contribution >= 0.6 is 11.3 Å². The lowest BCUT2D eigenvalue weighted by atomic mass is 10.1. The first-order chi connectivity index (χ1) is 14.7. The summed E-state index contributed by atoms with van der Waals surface area (Å²) in [5.41, 5.74) is 2.67. The molecule has 0 saturated carbocycles. The van der Waals surface area contributed by atoms with E-state index >= 15 is 0 Å². The molecule has 4 rings (SSSR count). The molecule has 154 valence electrons. The molecule has 8 heteroatoms. The van der Waals surface area contributed by atoms with Gasteiger partial charge < -0.3 is 20.3 Å². The van der Waals surface area contributed by atoms with Crippen LogP contribution in [0.15, 0.2) is 60.9 Å². The van der Waals surface area contributed by atoms with Gasteiger partial charge in [0.25, 0.3) is 5.91 Å². The number of benzene rings is 1. The van der Waals surface area contributed by atoms with E-state index in [4.69, 9.17) is 4.74 Å². The average molecular weight is 423 g/mol. The number of aromatic nitrogens is 1.